The van der Waals surface area contributed by atoms with Gasteiger partial charge in [-0.2, -0.15) is 0 Å². The predicted octanol–water partition coefficient (Wildman–Crippen LogP) is 3.81. The molecule has 0 aliphatic heterocycles. The number of methoxy groups -OCH3 is 1. The van der Waals surface area contributed by atoms with E-state index in [1.807, 2.05) is 25.1 Å². The molecule has 1 aromatic heterocycles. The van der Waals surface area contributed by atoms with Gasteiger partial charge < -0.3 is 19.4 Å². The number of rotatable bonds is 7. The average Bonchev–Trinajstić information content (AvgIpc) is 2.66. The first-order chi connectivity index (χ1) is 13.4. The molecule has 0 spiro atoms. The molecule has 0 unspecified atom stereocenters. The van der Waals surface area contributed by atoms with E-state index in [2.05, 4.69) is 49.4 Å². The van der Waals surface area contributed by atoms with Crippen molar-refractivity contribution in [3.05, 3.63) is 75.1 Å². The molecule has 0 aliphatic rings. The molecule has 0 bridgehead atoms. The molecular formula is C23H28N2O3. The van der Waals surface area contributed by atoms with Crippen LogP contribution in [0.4, 0.5) is 0 Å². The van der Waals surface area contributed by atoms with Crippen molar-refractivity contribution in [2.45, 2.75) is 26.4 Å². The Morgan fingerprint density at radius 3 is 2.57 bits per heavy atom. The van der Waals surface area contributed by atoms with Crippen LogP contribution >= 0.6 is 0 Å². The smallest absolute Gasteiger partial charge is 0.336 e. The summed E-state index contributed by atoms with van der Waals surface area (Å²) in [5.74, 6) is 0.849. The number of benzene rings is 2. The van der Waals surface area contributed by atoms with Crippen molar-refractivity contribution in [2.24, 2.45) is 0 Å². The van der Waals surface area contributed by atoms with Crippen LogP contribution in [0.1, 0.15) is 28.3 Å². The lowest BCUT2D eigenvalue weighted by atomic mass is 10.0. The highest BCUT2D eigenvalue weighted by Crippen LogP contribution is 2.24. The fourth-order valence-corrected chi connectivity index (χ4v) is 3.42. The van der Waals surface area contributed by atoms with Crippen LogP contribution in [-0.2, 0) is 6.54 Å². The minimum Gasteiger partial charge on any atom is -0.497 e. The molecule has 2 aromatic carbocycles. The molecule has 28 heavy (non-hydrogen) atoms. The van der Waals surface area contributed by atoms with Crippen LogP contribution in [0.5, 0.6) is 5.75 Å². The number of fused-ring (bicyclic) bond motifs is 1. The van der Waals surface area contributed by atoms with E-state index < -0.39 is 0 Å². The molecule has 0 saturated carbocycles. The molecule has 0 amide bonds. The van der Waals surface area contributed by atoms with Crippen LogP contribution in [0.15, 0.2) is 51.7 Å². The second-order valence-electron chi connectivity index (χ2n) is 7.41. The van der Waals surface area contributed by atoms with E-state index in [1.54, 1.807) is 13.2 Å². The second-order valence-corrected chi connectivity index (χ2v) is 7.41. The van der Waals surface area contributed by atoms with Crippen molar-refractivity contribution in [1.82, 2.24) is 10.2 Å². The predicted molar refractivity (Wildman–Crippen MR) is 113 cm³/mol. The Morgan fingerprint density at radius 2 is 1.86 bits per heavy atom. The summed E-state index contributed by atoms with van der Waals surface area (Å²) in [5.41, 5.74) is 4.77. The molecule has 0 fully saturated rings. The first-order valence-corrected chi connectivity index (χ1v) is 9.44. The SMILES string of the molecule is COc1cccc([C@@H](CNCc2cc(=O)oc3cc(C)c(C)cc23)N(C)C)c1. The number of hydrogen-bond donors (Lipinski definition) is 1. The standard InChI is InChI=1S/C23H28N2O3/c1-15-9-20-18(12-23(26)28-22(20)10-16(15)2)13-24-14-21(25(3)4)17-7-6-8-19(11-17)27-5/h6-12,21,24H,13-14H2,1-5H3/t21-/m1/s1. The summed E-state index contributed by atoms with van der Waals surface area (Å²) < 4.78 is 10.7. The Hall–Kier alpha value is -2.63. The summed E-state index contributed by atoms with van der Waals surface area (Å²) in [6.07, 6.45) is 0. The van der Waals surface area contributed by atoms with Gasteiger partial charge in [0.25, 0.3) is 0 Å². The monoisotopic (exact) mass is 380 g/mol. The molecule has 1 N–H and O–H groups in total. The maximum Gasteiger partial charge on any atom is 0.336 e. The molecule has 1 heterocycles. The summed E-state index contributed by atoms with van der Waals surface area (Å²) in [5, 5.41) is 4.49. The highest BCUT2D eigenvalue weighted by Gasteiger charge is 2.15. The van der Waals surface area contributed by atoms with E-state index in [-0.39, 0.29) is 11.7 Å². The summed E-state index contributed by atoms with van der Waals surface area (Å²) >= 11 is 0. The lowest BCUT2D eigenvalue weighted by Gasteiger charge is -2.25. The van der Waals surface area contributed by atoms with Gasteiger partial charge in [0.1, 0.15) is 11.3 Å². The molecule has 3 rings (SSSR count). The van der Waals surface area contributed by atoms with E-state index in [0.29, 0.717) is 12.1 Å². The van der Waals surface area contributed by atoms with Gasteiger partial charge in [-0.15, -0.1) is 0 Å². The Bertz CT molecular complexity index is 1020. The fourth-order valence-electron chi connectivity index (χ4n) is 3.42. The first kappa shape index (κ1) is 20.1. The Kier molecular flexibility index (Phi) is 6.17. The summed E-state index contributed by atoms with van der Waals surface area (Å²) in [6, 6.07) is 13.9. The van der Waals surface area contributed by atoms with Gasteiger partial charge in [0.15, 0.2) is 0 Å². The van der Waals surface area contributed by atoms with Gasteiger partial charge in [0, 0.05) is 30.6 Å². The summed E-state index contributed by atoms with van der Waals surface area (Å²) in [7, 11) is 5.80. The zero-order chi connectivity index (χ0) is 20.3. The van der Waals surface area contributed by atoms with Crippen molar-refractivity contribution in [2.75, 3.05) is 27.7 Å². The van der Waals surface area contributed by atoms with Crippen LogP contribution in [-0.4, -0.2) is 32.6 Å². The lowest BCUT2D eigenvalue weighted by molar-refractivity contribution is 0.287. The molecular weight excluding hydrogens is 352 g/mol. The van der Waals surface area contributed by atoms with Crippen molar-refractivity contribution in [3.8, 4) is 5.75 Å². The van der Waals surface area contributed by atoms with E-state index in [9.17, 15) is 4.79 Å². The highest BCUT2D eigenvalue weighted by molar-refractivity contribution is 5.81. The van der Waals surface area contributed by atoms with E-state index in [1.165, 1.54) is 11.1 Å². The van der Waals surface area contributed by atoms with Gasteiger partial charge in [0.05, 0.1) is 7.11 Å². The van der Waals surface area contributed by atoms with Gasteiger partial charge in [-0.05, 0) is 74.5 Å². The third-order valence-electron chi connectivity index (χ3n) is 5.20. The molecule has 5 nitrogen and oxygen atoms in total. The molecule has 0 radical (unpaired) electrons. The number of aryl methyl sites for hydroxylation is 2. The third kappa shape index (κ3) is 4.43. The average molecular weight is 380 g/mol. The van der Waals surface area contributed by atoms with Crippen LogP contribution < -0.4 is 15.7 Å². The van der Waals surface area contributed by atoms with Crippen LogP contribution in [0.25, 0.3) is 11.0 Å². The summed E-state index contributed by atoms with van der Waals surface area (Å²) in [4.78, 5) is 14.2. The number of ether oxygens (including phenoxy) is 1. The molecule has 0 saturated heterocycles. The highest BCUT2D eigenvalue weighted by atomic mass is 16.5. The molecule has 3 aromatic rings. The van der Waals surface area contributed by atoms with E-state index in [0.717, 1.165) is 28.8 Å². The van der Waals surface area contributed by atoms with Gasteiger partial charge >= 0.3 is 5.63 Å². The van der Waals surface area contributed by atoms with E-state index in [4.69, 9.17) is 9.15 Å². The van der Waals surface area contributed by atoms with Gasteiger partial charge in [-0.1, -0.05) is 12.1 Å². The molecule has 0 aliphatic carbocycles. The number of likely N-dealkylation sites (N-methyl/N-ethyl adjacent to an activating group) is 1. The van der Waals surface area contributed by atoms with Gasteiger partial charge in [-0.3, -0.25) is 0 Å². The third-order valence-corrected chi connectivity index (χ3v) is 5.20. The van der Waals surface area contributed by atoms with Crippen molar-refractivity contribution in [3.63, 3.8) is 0 Å². The number of nitrogens with one attached hydrogen (secondary N) is 1. The maximum absolute atomic E-state index is 12.0. The quantitative estimate of drug-likeness (QED) is 0.632. The second kappa shape index (κ2) is 8.59. The minimum atomic E-state index is -0.315. The minimum absolute atomic E-state index is 0.186. The first-order valence-electron chi connectivity index (χ1n) is 9.44. The van der Waals surface area contributed by atoms with Crippen molar-refractivity contribution < 1.29 is 9.15 Å². The lowest BCUT2D eigenvalue weighted by Crippen LogP contribution is -2.31. The molecule has 5 heteroatoms. The van der Waals surface area contributed by atoms with Gasteiger partial charge in [0.2, 0.25) is 0 Å². The molecule has 1 atom stereocenters. The zero-order valence-electron chi connectivity index (χ0n) is 17.2. The van der Waals surface area contributed by atoms with Crippen LogP contribution in [0, 0.1) is 13.8 Å². The summed E-state index contributed by atoms with van der Waals surface area (Å²) in [6.45, 7) is 5.43. The number of nitrogens with zero attached hydrogens (tertiary/aromatic N) is 1. The topological polar surface area (TPSA) is 54.7 Å². The zero-order valence-corrected chi connectivity index (χ0v) is 17.2. The van der Waals surface area contributed by atoms with Gasteiger partial charge in [-0.25, -0.2) is 4.79 Å². The Labute approximate surface area is 165 Å². The molecule has 148 valence electrons. The normalized spacial score (nSPS) is 12.5. The number of hydrogen-bond acceptors (Lipinski definition) is 5. The fraction of sp³-hybridized carbons (Fsp3) is 0.348. The largest absolute Gasteiger partial charge is 0.497 e. The van der Waals surface area contributed by atoms with Crippen LogP contribution in [0.3, 0.4) is 0 Å². The van der Waals surface area contributed by atoms with Crippen molar-refractivity contribution in [1.29, 1.82) is 0 Å². The Morgan fingerprint density at radius 1 is 1.11 bits per heavy atom. The Balaban J connectivity index is 1.81. The van der Waals surface area contributed by atoms with E-state index >= 15 is 0 Å². The van der Waals surface area contributed by atoms with Crippen molar-refractivity contribution >= 4 is 11.0 Å². The van der Waals surface area contributed by atoms with Crippen LogP contribution in [0.2, 0.25) is 0 Å². The maximum atomic E-state index is 12.0.